The van der Waals surface area contributed by atoms with Gasteiger partial charge in [0.15, 0.2) is 0 Å². The van der Waals surface area contributed by atoms with E-state index in [1.54, 1.807) is 18.5 Å². The average molecular weight is 538 g/mol. The molecule has 3 heterocycles. The molecule has 2 aromatic carbocycles. The molecule has 3 N–H and O–H groups in total. The summed E-state index contributed by atoms with van der Waals surface area (Å²) >= 11 is 0. The Labute approximate surface area is 232 Å². The Balaban J connectivity index is 1.43. The number of ether oxygens (including phenoxy) is 1. The average Bonchev–Trinajstić information content (AvgIpc) is 2.97. The third-order valence-corrected chi connectivity index (χ3v) is 6.95. The molecule has 5 rings (SSSR count). The summed E-state index contributed by atoms with van der Waals surface area (Å²) in [4.78, 5) is 26.4. The number of carboxylic acid groups (broad SMARTS) is 1. The fourth-order valence-electron chi connectivity index (χ4n) is 4.83. The molecule has 1 amide bonds. The number of rotatable bonds is 8. The van der Waals surface area contributed by atoms with Crippen LogP contribution in [0.15, 0.2) is 60.9 Å². The van der Waals surface area contributed by atoms with E-state index in [1.807, 2.05) is 50.2 Å². The number of fused-ring (bicyclic) bond motifs is 1. The Morgan fingerprint density at radius 1 is 1.18 bits per heavy atom. The smallest absolute Gasteiger partial charge is 0.407 e. The van der Waals surface area contributed by atoms with Crippen molar-refractivity contribution in [1.29, 1.82) is 5.26 Å². The molecule has 40 heavy (non-hydrogen) atoms. The molecule has 10 nitrogen and oxygen atoms in total. The molecule has 0 bridgehead atoms. The van der Waals surface area contributed by atoms with Gasteiger partial charge in [0.05, 0.1) is 23.2 Å². The largest absolute Gasteiger partial charge is 0.465 e. The molecule has 1 aliphatic rings. The summed E-state index contributed by atoms with van der Waals surface area (Å²) in [5.41, 5.74) is 3.23. The van der Waals surface area contributed by atoms with Gasteiger partial charge >= 0.3 is 6.09 Å². The normalized spacial score (nSPS) is 15.7. The van der Waals surface area contributed by atoms with Gasteiger partial charge < -0.3 is 25.4 Å². The molecule has 204 valence electrons. The number of hydrogen-bond donors (Lipinski definition) is 3. The minimum atomic E-state index is -0.915. The highest BCUT2D eigenvalue weighted by molar-refractivity contribution is 5.98. The fourth-order valence-corrected chi connectivity index (χ4v) is 4.83. The zero-order chi connectivity index (χ0) is 28.1. The summed E-state index contributed by atoms with van der Waals surface area (Å²) in [5, 5.41) is 27.1. The van der Waals surface area contributed by atoms with Gasteiger partial charge in [-0.05, 0) is 56.5 Å². The predicted molar refractivity (Wildman–Crippen MR) is 154 cm³/mol. The number of likely N-dealkylation sites (tertiary alicyclic amines) is 1. The molecule has 0 spiro atoms. The third-order valence-electron chi connectivity index (χ3n) is 6.95. The van der Waals surface area contributed by atoms with Gasteiger partial charge in [0.25, 0.3) is 0 Å². The molecule has 10 heteroatoms. The highest BCUT2D eigenvalue weighted by Gasteiger charge is 2.24. The number of pyridine rings is 1. The number of anilines is 2. The van der Waals surface area contributed by atoms with Gasteiger partial charge in [-0.15, -0.1) is 0 Å². The van der Waals surface area contributed by atoms with E-state index in [0.29, 0.717) is 48.5 Å². The first-order valence-corrected chi connectivity index (χ1v) is 13.3. The van der Waals surface area contributed by atoms with Crippen LogP contribution in [0.1, 0.15) is 25.3 Å². The number of nitriles is 1. The van der Waals surface area contributed by atoms with Crippen LogP contribution in [0, 0.1) is 24.2 Å². The highest BCUT2D eigenvalue weighted by Crippen LogP contribution is 2.38. The van der Waals surface area contributed by atoms with Crippen molar-refractivity contribution in [2.45, 2.75) is 32.7 Å². The summed E-state index contributed by atoms with van der Waals surface area (Å²) in [6.07, 6.45) is 4.05. The van der Waals surface area contributed by atoms with Crippen molar-refractivity contribution < 1.29 is 14.6 Å². The first-order valence-electron chi connectivity index (χ1n) is 13.3. The Hall–Kier alpha value is -4.91. The van der Waals surface area contributed by atoms with Crippen LogP contribution in [0.5, 0.6) is 11.6 Å². The molecule has 0 aliphatic carbocycles. The van der Waals surface area contributed by atoms with Crippen molar-refractivity contribution in [3.8, 4) is 29.0 Å². The van der Waals surface area contributed by atoms with Gasteiger partial charge in [0.1, 0.15) is 5.75 Å². The second-order valence-corrected chi connectivity index (χ2v) is 9.96. The standard InChI is InChI=1S/C30H31N7O3/c1-19(16-31)17-34-25-9-3-7-23-22(25)11-10-20(2)27(23)40-28-24(8-4-13-32-28)26-12-14-33-29(36-26)35-21-6-5-15-37(18-21)30(38)39/h3-4,7-14,19,21,34H,5-6,15,17-18H2,1-2H3,(H,38,39)(H,33,35,36)/t19?,21-/m0/s1. The number of aromatic nitrogens is 3. The summed E-state index contributed by atoms with van der Waals surface area (Å²) in [7, 11) is 0. The van der Waals surface area contributed by atoms with Crippen LogP contribution in [0.2, 0.25) is 0 Å². The molecule has 1 saturated heterocycles. The minimum absolute atomic E-state index is 0.0676. The number of piperidine rings is 1. The summed E-state index contributed by atoms with van der Waals surface area (Å²) < 4.78 is 6.50. The van der Waals surface area contributed by atoms with Crippen LogP contribution in [0.3, 0.4) is 0 Å². The lowest BCUT2D eigenvalue weighted by molar-refractivity contribution is 0.132. The van der Waals surface area contributed by atoms with Crippen molar-refractivity contribution in [3.63, 3.8) is 0 Å². The monoisotopic (exact) mass is 537 g/mol. The molecule has 4 aromatic rings. The third kappa shape index (κ3) is 5.89. The van der Waals surface area contributed by atoms with E-state index in [1.165, 1.54) is 4.90 Å². The lowest BCUT2D eigenvalue weighted by Crippen LogP contribution is -2.44. The second kappa shape index (κ2) is 11.9. The van der Waals surface area contributed by atoms with Gasteiger partial charge in [-0.25, -0.2) is 19.7 Å². The van der Waals surface area contributed by atoms with E-state index < -0.39 is 6.09 Å². The molecular formula is C30H31N7O3. The SMILES string of the molecule is Cc1ccc2c(NCC(C)C#N)cccc2c1Oc1ncccc1-c1ccnc(N[C@H]2CCCN(C(=O)O)C2)n1. The maximum Gasteiger partial charge on any atom is 0.407 e. The first-order chi connectivity index (χ1) is 19.4. The van der Waals surface area contributed by atoms with Crippen molar-refractivity contribution in [2.75, 3.05) is 30.3 Å². The molecule has 2 atom stereocenters. The maximum absolute atomic E-state index is 11.4. The molecule has 0 radical (unpaired) electrons. The van der Waals surface area contributed by atoms with Crippen LogP contribution >= 0.6 is 0 Å². The number of benzene rings is 2. The van der Waals surface area contributed by atoms with Crippen LogP contribution in [-0.4, -0.2) is 56.7 Å². The van der Waals surface area contributed by atoms with E-state index in [-0.39, 0.29) is 12.0 Å². The molecule has 2 aromatic heterocycles. The summed E-state index contributed by atoms with van der Waals surface area (Å²) in [5.74, 6) is 1.41. The number of carbonyl (C=O) groups is 1. The molecule has 1 unspecified atom stereocenters. The van der Waals surface area contributed by atoms with E-state index >= 15 is 0 Å². The van der Waals surface area contributed by atoms with Crippen molar-refractivity contribution in [1.82, 2.24) is 19.9 Å². The molecular weight excluding hydrogens is 506 g/mol. The van der Waals surface area contributed by atoms with Crippen LogP contribution in [0.25, 0.3) is 22.0 Å². The van der Waals surface area contributed by atoms with Crippen LogP contribution in [0.4, 0.5) is 16.4 Å². The lowest BCUT2D eigenvalue weighted by Gasteiger charge is -2.31. The van der Waals surface area contributed by atoms with Gasteiger partial charge in [0.2, 0.25) is 11.8 Å². The van der Waals surface area contributed by atoms with Crippen LogP contribution < -0.4 is 15.4 Å². The number of aryl methyl sites for hydroxylation is 1. The minimum Gasteiger partial charge on any atom is -0.465 e. The summed E-state index contributed by atoms with van der Waals surface area (Å²) in [6.45, 7) is 5.34. The fraction of sp³-hybridized carbons (Fsp3) is 0.300. The van der Waals surface area contributed by atoms with E-state index in [9.17, 15) is 9.90 Å². The van der Waals surface area contributed by atoms with E-state index in [4.69, 9.17) is 15.0 Å². The number of nitrogens with zero attached hydrogens (tertiary/aromatic N) is 5. The Morgan fingerprint density at radius 3 is 2.88 bits per heavy atom. The quantitative estimate of drug-likeness (QED) is 0.250. The molecule has 1 aliphatic heterocycles. The van der Waals surface area contributed by atoms with Gasteiger partial charge in [-0.3, -0.25) is 0 Å². The van der Waals surface area contributed by atoms with Gasteiger partial charge in [0, 0.05) is 54.5 Å². The van der Waals surface area contributed by atoms with Crippen molar-refractivity contribution in [3.05, 3.63) is 66.5 Å². The van der Waals surface area contributed by atoms with Crippen LogP contribution in [-0.2, 0) is 0 Å². The maximum atomic E-state index is 11.4. The van der Waals surface area contributed by atoms with E-state index in [0.717, 1.165) is 34.9 Å². The lowest BCUT2D eigenvalue weighted by atomic mass is 10.0. The Morgan fingerprint density at radius 2 is 2.05 bits per heavy atom. The summed E-state index contributed by atoms with van der Waals surface area (Å²) in [6, 6.07) is 17.8. The first kappa shape index (κ1) is 26.7. The number of nitrogens with one attached hydrogen (secondary N) is 2. The molecule has 0 saturated carbocycles. The second-order valence-electron chi connectivity index (χ2n) is 9.96. The van der Waals surface area contributed by atoms with Gasteiger partial charge in [-0.2, -0.15) is 5.26 Å². The zero-order valence-electron chi connectivity index (χ0n) is 22.5. The Bertz CT molecular complexity index is 1570. The molecule has 1 fully saturated rings. The zero-order valence-corrected chi connectivity index (χ0v) is 22.5. The Kier molecular flexibility index (Phi) is 7.92. The van der Waals surface area contributed by atoms with Gasteiger partial charge in [-0.1, -0.05) is 24.3 Å². The van der Waals surface area contributed by atoms with Crippen molar-refractivity contribution >= 4 is 28.5 Å². The highest BCUT2D eigenvalue weighted by atomic mass is 16.5. The number of amides is 1. The van der Waals surface area contributed by atoms with E-state index in [2.05, 4.69) is 32.7 Å². The van der Waals surface area contributed by atoms with Crippen molar-refractivity contribution in [2.24, 2.45) is 5.92 Å². The predicted octanol–water partition coefficient (Wildman–Crippen LogP) is 5.92. The number of hydrogen-bond acceptors (Lipinski definition) is 8. The topological polar surface area (TPSA) is 136 Å².